The highest BCUT2D eigenvalue weighted by Gasteiger charge is 2.38. The molecule has 90 valence electrons. The molecule has 0 aliphatic rings. The molecule has 3 nitrogen and oxygen atoms in total. The van der Waals surface area contributed by atoms with E-state index in [4.69, 9.17) is 5.11 Å². The predicted octanol–water partition coefficient (Wildman–Crippen LogP) is 2.19. The van der Waals surface area contributed by atoms with Crippen molar-refractivity contribution in [2.75, 3.05) is 0 Å². The standard InChI is InChI=1S/C8H6F5NO2/c9-7(10)16-5-1-2-14-4(3-15)6(5)8(11,12)13/h1-2,7,15H,3H2. The summed E-state index contributed by atoms with van der Waals surface area (Å²) in [5, 5.41) is 8.63. The molecular formula is C8H6F5NO2. The van der Waals surface area contributed by atoms with Gasteiger partial charge in [0.05, 0.1) is 12.3 Å². The summed E-state index contributed by atoms with van der Waals surface area (Å²) in [5.41, 5.74) is -2.25. The van der Waals surface area contributed by atoms with Crippen LogP contribution in [0.5, 0.6) is 5.75 Å². The maximum atomic E-state index is 12.5. The molecule has 1 heterocycles. The van der Waals surface area contributed by atoms with Crippen LogP contribution in [0.2, 0.25) is 0 Å². The van der Waals surface area contributed by atoms with Gasteiger partial charge in [0.2, 0.25) is 0 Å². The Labute approximate surface area is 86.5 Å². The van der Waals surface area contributed by atoms with E-state index in [-0.39, 0.29) is 0 Å². The van der Waals surface area contributed by atoms with Crippen LogP contribution in [0.1, 0.15) is 11.3 Å². The summed E-state index contributed by atoms with van der Waals surface area (Å²) in [6.07, 6.45) is -4.07. The Balaban J connectivity index is 3.26. The van der Waals surface area contributed by atoms with Crippen molar-refractivity contribution in [3.05, 3.63) is 23.5 Å². The third-order valence-corrected chi connectivity index (χ3v) is 1.64. The molecule has 0 aromatic carbocycles. The lowest BCUT2D eigenvalue weighted by Gasteiger charge is -2.15. The number of aliphatic hydroxyl groups excluding tert-OH is 1. The highest BCUT2D eigenvalue weighted by molar-refractivity contribution is 5.38. The fraction of sp³-hybridized carbons (Fsp3) is 0.375. The van der Waals surface area contributed by atoms with Crippen molar-refractivity contribution in [1.82, 2.24) is 4.98 Å². The van der Waals surface area contributed by atoms with E-state index in [1.165, 1.54) is 0 Å². The van der Waals surface area contributed by atoms with Gasteiger partial charge in [0.15, 0.2) is 0 Å². The molecule has 1 rings (SSSR count). The molecule has 0 radical (unpaired) electrons. The molecule has 0 bridgehead atoms. The first-order chi connectivity index (χ1) is 7.36. The van der Waals surface area contributed by atoms with Gasteiger partial charge in [-0.1, -0.05) is 0 Å². The summed E-state index contributed by atoms with van der Waals surface area (Å²) < 4.78 is 64.8. The summed E-state index contributed by atoms with van der Waals surface area (Å²) in [6, 6.07) is 0.661. The van der Waals surface area contributed by atoms with Crippen LogP contribution >= 0.6 is 0 Å². The molecule has 1 N–H and O–H groups in total. The number of hydrogen-bond acceptors (Lipinski definition) is 3. The number of alkyl halides is 5. The van der Waals surface area contributed by atoms with Crippen LogP contribution in [0.3, 0.4) is 0 Å². The second-order valence-corrected chi connectivity index (χ2v) is 2.67. The lowest BCUT2D eigenvalue weighted by molar-refractivity contribution is -0.143. The zero-order valence-electron chi connectivity index (χ0n) is 7.63. The van der Waals surface area contributed by atoms with E-state index in [9.17, 15) is 22.0 Å². The van der Waals surface area contributed by atoms with Gasteiger partial charge in [0, 0.05) is 6.20 Å². The number of halogens is 5. The first kappa shape index (κ1) is 12.6. The molecular weight excluding hydrogens is 237 g/mol. The van der Waals surface area contributed by atoms with E-state index in [0.29, 0.717) is 6.07 Å². The van der Waals surface area contributed by atoms with E-state index in [2.05, 4.69) is 9.72 Å². The monoisotopic (exact) mass is 243 g/mol. The van der Waals surface area contributed by atoms with Gasteiger partial charge in [-0.05, 0) is 6.07 Å². The van der Waals surface area contributed by atoms with Crippen molar-refractivity contribution in [3.8, 4) is 5.75 Å². The zero-order chi connectivity index (χ0) is 12.3. The highest BCUT2D eigenvalue weighted by Crippen LogP contribution is 2.38. The van der Waals surface area contributed by atoms with E-state index in [1.54, 1.807) is 0 Å². The molecule has 0 atom stereocenters. The molecule has 0 aliphatic carbocycles. The molecule has 0 aliphatic heterocycles. The summed E-state index contributed by atoms with van der Waals surface area (Å²) in [4.78, 5) is 3.24. The van der Waals surface area contributed by atoms with Gasteiger partial charge in [-0.3, -0.25) is 4.98 Å². The summed E-state index contributed by atoms with van der Waals surface area (Å²) in [7, 11) is 0. The van der Waals surface area contributed by atoms with Gasteiger partial charge in [0.25, 0.3) is 0 Å². The van der Waals surface area contributed by atoms with Gasteiger partial charge in [0.1, 0.15) is 11.3 Å². The van der Waals surface area contributed by atoms with Crippen LogP contribution in [0.4, 0.5) is 22.0 Å². The van der Waals surface area contributed by atoms with Gasteiger partial charge in [-0.2, -0.15) is 22.0 Å². The zero-order valence-corrected chi connectivity index (χ0v) is 7.63. The number of aliphatic hydroxyl groups is 1. The quantitative estimate of drug-likeness (QED) is 0.827. The van der Waals surface area contributed by atoms with Crippen LogP contribution < -0.4 is 4.74 Å². The lowest BCUT2D eigenvalue weighted by atomic mass is 10.1. The topological polar surface area (TPSA) is 42.4 Å². The SMILES string of the molecule is OCc1nccc(OC(F)F)c1C(F)(F)F. The Morgan fingerprint density at radius 2 is 2.00 bits per heavy atom. The normalized spacial score (nSPS) is 11.9. The van der Waals surface area contributed by atoms with Gasteiger partial charge in [-0.25, -0.2) is 0 Å². The Kier molecular flexibility index (Phi) is 3.63. The second kappa shape index (κ2) is 4.60. The fourth-order valence-corrected chi connectivity index (χ4v) is 1.10. The fourth-order valence-electron chi connectivity index (χ4n) is 1.10. The Morgan fingerprint density at radius 3 is 2.44 bits per heavy atom. The molecule has 0 spiro atoms. The van der Waals surface area contributed by atoms with Crippen LogP contribution in [-0.4, -0.2) is 16.7 Å². The molecule has 0 unspecified atom stereocenters. The molecule has 0 saturated carbocycles. The molecule has 16 heavy (non-hydrogen) atoms. The van der Waals surface area contributed by atoms with Crippen molar-refractivity contribution in [3.63, 3.8) is 0 Å². The molecule has 8 heteroatoms. The first-order valence-corrected chi connectivity index (χ1v) is 3.97. The minimum Gasteiger partial charge on any atom is -0.434 e. The van der Waals surface area contributed by atoms with E-state index < -0.39 is 36.4 Å². The van der Waals surface area contributed by atoms with Gasteiger partial charge >= 0.3 is 12.8 Å². The molecule has 0 amide bonds. The average molecular weight is 243 g/mol. The van der Waals surface area contributed by atoms with E-state index in [1.807, 2.05) is 0 Å². The maximum Gasteiger partial charge on any atom is 0.421 e. The molecule has 1 aromatic rings. The number of nitrogens with zero attached hydrogens (tertiary/aromatic N) is 1. The van der Waals surface area contributed by atoms with Gasteiger partial charge in [-0.15, -0.1) is 0 Å². The van der Waals surface area contributed by atoms with Crippen molar-refractivity contribution < 1.29 is 31.8 Å². The number of rotatable bonds is 3. The third kappa shape index (κ3) is 2.78. The Bertz CT molecular complexity index is 366. The van der Waals surface area contributed by atoms with E-state index in [0.717, 1.165) is 6.20 Å². The Morgan fingerprint density at radius 1 is 1.38 bits per heavy atom. The third-order valence-electron chi connectivity index (χ3n) is 1.64. The molecule has 0 fully saturated rings. The summed E-state index contributed by atoms with van der Waals surface area (Å²) in [6.45, 7) is -4.40. The second-order valence-electron chi connectivity index (χ2n) is 2.67. The maximum absolute atomic E-state index is 12.5. The number of ether oxygens (including phenoxy) is 1. The average Bonchev–Trinajstić information content (AvgIpc) is 2.14. The molecule has 1 aromatic heterocycles. The van der Waals surface area contributed by atoms with Crippen molar-refractivity contribution in [2.45, 2.75) is 19.4 Å². The number of pyridine rings is 1. The Hall–Kier alpha value is -1.44. The van der Waals surface area contributed by atoms with Crippen LogP contribution in [0.15, 0.2) is 12.3 Å². The smallest absolute Gasteiger partial charge is 0.421 e. The van der Waals surface area contributed by atoms with Crippen LogP contribution in [0, 0.1) is 0 Å². The highest BCUT2D eigenvalue weighted by atomic mass is 19.4. The minimum atomic E-state index is -4.92. The largest absolute Gasteiger partial charge is 0.434 e. The molecule has 0 saturated heterocycles. The number of hydrogen-bond donors (Lipinski definition) is 1. The van der Waals surface area contributed by atoms with Crippen molar-refractivity contribution in [2.24, 2.45) is 0 Å². The van der Waals surface area contributed by atoms with Crippen molar-refractivity contribution >= 4 is 0 Å². The number of aromatic nitrogens is 1. The van der Waals surface area contributed by atoms with Crippen molar-refractivity contribution in [1.29, 1.82) is 0 Å². The van der Waals surface area contributed by atoms with Crippen LogP contribution in [-0.2, 0) is 12.8 Å². The predicted molar refractivity (Wildman–Crippen MR) is 41.8 cm³/mol. The summed E-state index contributed by atoms with van der Waals surface area (Å²) in [5.74, 6) is -1.05. The first-order valence-electron chi connectivity index (χ1n) is 3.97. The van der Waals surface area contributed by atoms with Gasteiger partial charge < -0.3 is 9.84 Å². The van der Waals surface area contributed by atoms with Crippen LogP contribution in [0.25, 0.3) is 0 Å². The van der Waals surface area contributed by atoms with E-state index >= 15 is 0 Å². The summed E-state index contributed by atoms with van der Waals surface area (Å²) >= 11 is 0. The minimum absolute atomic E-state index is 0.661. The lowest BCUT2D eigenvalue weighted by Crippen LogP contribution is -2.15.